The maximum Gasteiger partial charge on any atom is 0.224 e. The van der Waals surface area contributed by atoms with Crippen LogP contribution in [0.15, 0.2) is 0 Å². The molecule has 0 aromatic rings. The quantitative estimate of drug-likeness (QED) is 0.647. The topological polar surface area (TPSA) is 40.5 Å². The molecule has 1 rings (SSSR count). The molecule has 0 heterocycles. The molecule has 0 unspecified atom stereocenters. The van der Waals surface area contributed by atoms with Crippen molar-refractivity contribution in [3.8, 4) is 0 Å². The number of carbonyl (C=O) groups excluding carboxylic acids is 1. The minimum atomic E-state index is 0.0462. The smallest absolute Gasteiger partial charge is 0.224 e. The lowest BCUT2D eigenvalue weighted by atomic mass is 10.3. The highest BCUT2D eigenvalue weighted by Gasteiger charge is 2.31. The monoisotopic (exact) mass is 191 g/mol. The van der Waals surface area contributed by atoms with Crippen molar-refractivity contribution in [3.63, 3.8) is 0 Å². The van der Waals surface area contributed by atoms with Crippen LogP contribution in [0.25, 0.3) is 0 Å². The summed E-state index contributed by atoms with van der Waals surface area (Å²) in [6, 6.07) is 0.382. The second-order valence-electron chi connectivity index (χ2n) is 2.98. The Kier molecular flexibility index (Phi) is 3.82. The van der Waals surface area contributed by atoms with Crippen LogP contribution >= 0.6 is 11.6 Å². The Labute approximate surface area is 77.3 Å². The van der Waals surface area contributed by atoms with Crippen LogP contribution in [0.4, 0.5) is 0 Å². The second kappa shape index (κ2) is 4.67. The Bertz CT molecular complexity index is 159. The average Bonchev–Trinajstić information content (AvgIpc) is 2.83. The van der Waals surface area contributed by atoms with E-state index in [0.29, 0.717) is 24.9 Å². The summed E-state index contributed by atoms with van der Waals surface area (Å²) in [6.45, 7) is 0.505. The minimum Gasteiger partial charge on any atom is -0.395 e. The maximum atomic E-state index is 11.3. The molecule has 1 aliphatic carbocycles. The lowest BCUT2D eigenvalue weighted by Gasteiger charge is -2.20. The van der Waals surface area contributed by atoms with E-state index in [2.05, 4.69) is 0 Å². The predicted molar refractivity (Wildman–Crippen MR) is 47.2 cm³/mol. The van der Waals surface area contributed by atoms with Crippen molar-refractivity contribution in [1.29, 1.82) is 0 Å². The van der Waals surface area contributed by atoms with Crippen LogP contribution in [0.5, 0.6) is 0 Å². The Morgan fingerprint density at radius 2 is 2.25 bits per heavy atom. The van der Waals surface area contributed by atoms with E-state index in [1.54, 1.807) is 4.90 Å². The molecule has 1 amide bonds. The average molecular weight is 192 g/mol. The van der Waals surface area contributed by atoms with Gasteiger partial charge in [0, 0.05) is 24.9 Å². The van der Waals surface area contributed by atoms with Crippen LogP contribution in [-0.4, -0.2) is 41.0 Å². The van der Waals surface area contributed by atoms with Gasteiger partial charge in [0.2, 0.25) is 5.91 Å². The Balaban J connectivity index is 2.34. The molecule has 1 aliphatic rings. The zero-order chi connectivity index (χ0) is 8.97. The van der Waals surface area contributed by atoms with Crippen LogP contribution in [0, 0.1) is 0 Å². The zero-order valence-corrected chi connectivity index (χ0v) is 7.76. The number of halogens is 1. The van der Waals surface area contributed by atoms with Crippen molar-refractivity contribution in [2.24, 2.45) is 0 Å². The molecule has 0 aromatic carbocycles. The van der Waals surface area contributed by atoms with Gasteiger partial charge in [-0.1, -0.05) is 0 Å². The van der Waals surface area contributed by atoms with Gasteiger partial charge in [-0.3, -0.25) is 4.79 Å². The van der Waals surface area contributed by atoms with Crippen LogP contribution in [-0.2, 0) is 4.79 Å². The van der Waals surface area contributed by atoms with E-state index in [1.807, 2.05) is 0 Å². The van der Waals surface area contributed by atoms with Gasteiger partial charge in [0.15, 0.2) is 0 Å². The van der Waals surface area contributed by atoms with Gasteiger partial charge in [0.25, 0.3) is 0 Å². The van der Waals surface area contributed by atoms with Crippen LogP contribution in [0.3, 0.4) is 0 Å². The normalized spacial score (nSPS) is 16.2. The van der Waals surface area contributed by atoms with E-state index in [1.165, 1.54) is 0 Å². The minimum absolute atomic E-state index is 0.0462. The first kappa shape index (κ1) is 9.81. The van der Waals surface area contributed by atoms with Crippen molar-refractivity contribution < 1.29 is 9.90 Å². The molecule has 1 fully saturated rings. The molecule has 1 N–H and O–H groups in total. The lowest BCUT2D eigenvalue weighted by Crippen LogP contribution is -2.35. The summed E-state index contributed by atoms with van der Waals surface area (Å²) < 4.78 is 0. The molecule has 0 aliphatic heterocycles. The van der Waals surface area contributed by atoms with E-state index in [9.17, 15) is 4.79 Å². The summed E-state index contributed by atoms with van der Waals surface area (Å²) >= 11 is 5.46. The number of rotatable bonds is 5. The first-order valence-corrected chi connectivity index (χ1v) is 4.79. The molecular formula is C8H14ClNO2. The number of alkyl halides is 1. The molecule has 4 heteroatoms. The van der Waals surface area contributed by atoms with Gasteiger partial charge in [-0.25, -0.2) is 0 Å². The Morgan fingerprint density at radius 3 is 2.67 bits per heavy atom. The number of hydrogen-bond acceptors (Lipinski definition) is 2. The highest BCUT2D eigenvalue weighted by molar-refractivity contribution is 6.18. The summed E-state index contributed by atoms with van der Waals surface area (Å²) in [5.41, 5.74) is 0. The zero-order valence-electron chi connectivity index (χ0n) is 7.00. The number of aliphatic hydroxyl groups excluding tert-OH is 1. The number of nitrogens with zero attached hydrogens (tertiary/aromatic N) is 1. The number of carbonyl (C=O) groups is 1. The van der Waals surface area contributed by atoms with E-state index < -0.39 is 0 Å². The summed E-state index contributed by atoms with van der Waals surface area (Å²) in [4.78, 5) is 13.1. The van der Waals surface area contributed by atoms with Gasteiger partial charge in [-0.15, -0.1) is 11.6 Å². The third-order valence-electron chi connectivity index (χ3n) is 1.96. The van der Waals surface area contributed by atoms with Gasteiger partial charge in [0.1, 0.15) is 0 Å². The third kappa shape index (κ3) is 2.64. The summed E-state index contributed by atoms with van der Waals surface area (Å²) in [5.74, 6) is 0.439. The van der Waals surface area contributed by atoms with Gasteiger partial charge < -0.3 is 10.0 Å². The van der Waals surface area contributed by atoms with Crippen molar-refractivity contribution in [1.82, 2.24) is 4.90 Å². The largest absolute Gasteiger partial charge is 0.395 e. The van der Waals surface area contributed by atoms with E-state index in [4.69, 9.17) is 16.7 Å². The molecule has 0 spiro atoms. The van der Waals surface area contributed by atoms with Crippen LogP contribution < -0.4 is 0 Å². The molecule has 1 saturated carbocycles. The fourth-order valence-electron chi connectivity index (χ4n) is 1.23. The number of hydrogen-bond donors (Lipinski definition) is 1. The fourth-order valence-corrected chi connectivity index (χ4v) is 1.39. The molecule has 0 atom stereocenters. The molecule has 70 valence electrons. The fraction of sp³-hybridized carbons (Fsp3) is 0.875. The molecule has 12 heavy (non-hydrogen) atoms. The van der Waals surface area contributed by atoms with Crippen molar-refractivity contribution in [2.45, 2.75) is 25.3 Å². The van der Waals surface area contributed by atoms with E-state index in [0.717, 1.165) is 12.8 Å². The van der Waals surface area contributed by atoms with Crippen LogP contribution in [0.1, 0.15) is 19.3 Å². The highest BCUT2D eigenvalue weighted by atomic mass is 35.5. The SMILES string of the molecule is O=C(CCCl)N(CCO)C1CC1. The molecule has 0 radical (unpaired) electrons. The number of amides is 1. The van der Waals surface area contributed by atoms with E-state index in [-0.39, 0.29) is 12.5 Å². The highest BCUT2D eigenvalue weighted by Crippen LogP contribution is 2.26. The maximum absolute atomic E-state index is 11.3. The van der Waals surface area contributed by atoms with Gasteiger partial charge >= 0.3 is 0 Å². The van der Waals surface area contributed by atoms with Gasteiger partial charge in [0.05, 0.1) is 6.61 Å². The summed E-state index contributed by atoms with van der Waals surface area (Å²) in [5, 5.41) is 8.70. The lowest BCUT2D eigenvalue weighted by molar-refractivity contribution is -0.131. The van der Waals surface area contributed by atoms with Gasteiger partial charge in [-0.2, -0.15) is 0 Å². The van der Waals surface area contributed by atoms with Crippen molar-refractivity contribution >= 4 is 17.5 Å². The molecule has 0 bridgehead atoms. The van der Waals surface area contributed by atoms with Crippen LogP contribution in [0.2, 0.25) is 0 Å². The molecule has 0 aromatic heterocycles. The van der Waals surface area contributed by atoms with E-state index >= 15 is 0 Å². The first-order chi connectivity index (χ1) is 5.79. The van der Waals surface area contributed by atoms with Crippen molar-refractivity contribution in [2.75, 3.05) is 19.0 Å². The van der Waals surface area contributed by atoms with Crippen molar-refractivity contribution in [3.05, 3.63) is 0 Å². The second-order valence-corrected chi connectivity index (χ2v) is 3.36. The third-order valence-corrected chi connectivity index (χ3v) is 2.15. The Morgan fingerprint density at radius 1 is 1.58 bits per heavy atom. The first-order valence-electron chi connectivity index (χ1n) is 4.26. The molecule has 0 saturated heterocycles. The molecular weight excluding hydrogens is 178 g/mol. The predicted octanol–water partition coefficient (Wildman–Crippen LogP) is 0.599. The summed E-state index contributed by atoms with van der Waals surface area (Å²) in [7, 11) is 0. The summed E-state index contributed by atoms with van der Waals surface area (Å²) in [6.07, 6.45) is 2.54. The molecule has 3 nitrogen and oxygen atoms in total. The standard InChI is InChI=1S/C8H14ClNO2/c9-4-3-8(12)10(5-6-11)7-1-2-7/h7,11H,1-6H2. The number of aliphatic hydroxyl groups is 1. The van der Waals surface area contributed by atoms with Gasteiger partial charge in [-0.05, 0) is 12.8 Å². The Hall–Kier alpha value is -0.280.